The molecule has 0 saturated heterocycles. The Hall–Kier alpha value is -6.58. The molecule has 0 aliphatic heterocycles. The normalized spacial score (nSPS) is 20.7. The molecule has 4 aliphatic rings. The lowest BCUT2D eigenvalue weighted by atomic mass is 9.48. The zero-order valence-electron chi connectivity index (χ0n) is 33.0. The van der Waals surface area contributed by atoms with E-state index in [1.807, 2.05) is 12.1 Å². The van der Waals surface area contributed by atoms with Crippen molar-refractivity contribution in [3.05, 3.63) is 181 Å². The molecular formula is C56H44N2O. The third-order valence-corrected chi connectivity index (χ3v) is 13.9. The topological polar surface area (TPSA) is 38.9 Å². The van der Waals surface area contributed by atoms with Gasteiger partial charge in [0.05, 0.1) is 11.4 Å². The molecule has 9 aromatic rings. The van der Waals surface area contributed by atoms with Crippen LogP contribution in [-0.4, -0.2) is 9.97 Å². The molecule has 4 bridgehead atoms. The van der Waals surface area contributed by atoms with Crippen LogP contribution in [0, 0.1) is 17.8 Å². The van der Waals surface area contributed by atoms with Gasteiger partial charge in [-0.3, -0.25) is 0 Å². The first kappa shape index (κ1) is 34.5. The highest BCUT2D eigenvalue weighted by Crippen LogP contribution is 2.60. The molecule has 0 radical (unpaired) electrons. The maximum absolute atomic E-state index is 6.11. The lowest BCUT2D eigenvalue weighted by Gasteiger charge is -2.57. The minimum Gasteiger partial charge on any atom is -0.456 e. The summed E-state index contributed by atoms with van der Waals surface area (Å²) in [4.78, 5) is 10.5. The zero-order valence-corrected chi connectivity index (χ0v) is 33.0. The summed E-state index contributed by atoms with van der Waals surface area (Å²) < 4.78 is 6.11. The van der Waals surface area contributed by atoms with Gasteiger partial charge in [-0.1, -0.05) is 133 Å². The summed E-state index contributed by atoms with van der Waals surface area (Å²) in [6.45, 7) is 0. The van der Waals surface area contributed by atoms with Gasteiger partial charge in [-0.25, -0.2) is 9.97 Å². The van der Waals surface area contributed by atoms with Crippen LogP contribution in [0.1, 0.15) is 44.1 Å². The average molecular weight is 761 g/mol. The number of nitrogens with zero attached hydrogens (tertiary/aromatic N) is 2. The monoisotopic (exact) mass is 760 g/mol. The summed E-state index contributed by atoms with van der Waals surface area (Å²) in [6, 6.07) is 63.4. The van der Waals surface area contributed by atoms with Crippen LogP contribution in [-0.2, 0) is 5.41 Å². The number of furan rings is 1. The fraction of sp³-hybridized carbons (Fsp3) is 0.179. The van der Waals surface area contributed by atoms with Crippen LogP contribution >= 0.6 is 0 Å². The van der Waals surface area contributed by atoms with Crippen molar-refractivity contribution < 1.29 is 4.42 Å². The highest BCUT2D eigenvalue weighted by molar-refractivity contribution is 6.06. The standard InChI is InChI=1S/C56H44N2O/c1-3-9-39(10-4-1)45-28-46(41-19-22-48(23-20-41)56-33-36-25-37(34-56)27-38(26-36)35-56)30-47(29-45)52-32-51(42-11-5-2-6-12-42)57-55(58-52)43-17-15-40(16-18-43)44-21-24-54-50(31-44)49-13-7-8-14-53(49)59-54/h1-24,28-32,36-38H,25-27,33-35H2. The number of benzene rings is 7. The summed E-state index contributed by atoms with van der Waals surface area (Å²) >= 11 is 0. The first-order valence-corrected chi connectivity index (χ1v) is 21.4. The number of aromatic nitrogens is 2. The Morgan fingerprint density at radius 3 is 1.54 bits per heavy atom. The van der Waals surface area contributed by atoms with Gasteiger partial charge < -0.3 is 4.42 Å². The summed E-state index contributed by atoms with van der Waals surface area (Å²) in [5.41, 5.74) is 15.8. The summed E-state index contributed by atoms with van der Waals surface area (Å²) in [5, 5.41) is 2.26. The highest BCUT2D eigenvalue weighted by Gasteiger charge is 2.51. The van der Waals surface area contributed by atoms with Gasteiger partial charge in [0.1, 0.15) is 11.2 Å². The maximum atomic E-state index is 6.11. The van der Waals surface area contributed by atoms with E-state index in [9.17, 15) is 0 Å². The molecule has 0 N–H and O–H groups in total. The maximum Gasteiger partial charge on any atom is 0.160 e. The van der Waals surface area contributed by atoms with Crippen molar-refractivity contribution in [1.29, 1.82) is 0 Å². The Bertz CT molecular complexity index is 2960. The smallest absolute Gasteiger partial charge is 0.160 e. The second kappa shape index (κ2) is 13.8. The van der Waals surface area contributed by atoms with Gasteiger partial charge in [-0.05, 0) is 143 Å². The summed E-state index contributed by atoms with van der Waals surface area (Å²) in [6.07, 6.45) is 8.55. The van der Waals surface area contributed by atoms with Crippen LogP contribution in [0.4, 0.5) is 0 Å². The molecule has 4 fully saturated rings. The molecule has 0 amide bonds. The second-order valence-electron chi connectivity index (χ2n) is 17.7. The summed E-state index contributed by atoms with van der Waals surface area (Å²) in [7, 11) is 0. The lowest BCUT2D eigenvalue weighted by molar-refractivity contribution is -0.00518. The van der Waals surface area contributed by atoms with E-state index in [4.69, 9.17) is 14.4 Å². The first-order chi connectivity index (χ1) is 29.1. The molecule has 2 heterocycles. The SMILES string of the molecule is c1ccc(-c2cc(-c3ccc(C45CC6CC(CC(C6)C4)C5)cc3)cc(-c3cc(-c4ccccc4)nc(-c4ccc(-c5ccc6oc7ccccc7c6c5)cc4)n3)c2)cc1. The van der Waals surface area contributed by atoms with Crippen molar-refractivity contribution in [3.63, 3.8) is 0 Å². The van der Waals surface area contributed by atoms with Gasteiger partial charge >= 0.3 is 0 Å². The summed E-state index contributed by atoms with van der Waals surface area (Å²) in [5.74, 6) is 3.50. The van der Waals surface area contributed by atoms with Crippen LogP contribution in [0.25, 0.3) is 89.2 Å². The van der Waals surface area contributed by atoms with Crippen molar-refractivity contribution in [2.45, 2.75) is 43.9 Å². The predicted molar refractivity (Wildman–Crippen MR) is 242 cm³/mol. The number of para-hydroxylation sites is 1. The quantitative estimate of drug-likeness (QED) is 0.162. The van der Waals surface area contributed by atoms with Gasteiger partial charge in [0.2, 0.25) is 0 Å². The number of hydrogen-bond donors (Lipinski definition) is 0. The van der Waals surface area contributed by atoms with Gasteiger partial charge in [-0.2, -0.15) is 0 Å². The average Bonchev–Trinajstić information content (AvgIpc) is 3.67. The van der Waals surface area contributed by atoms with Crippen LogP contribution in [0.5, 0.6) is 0 Å². The van der Waals surface area contributed by atoms with Gasteiger partial charge in [-0.15, -0.1) is 0 Å². The third kappa shape index (κ3) is 6.19. The molecule has 284 valence electrons. The molecule has 0 spiro atoms. The molecule has 0 atom stereocenters. The van der Waals surface area contributed by atoms with E-state index in [2.05, 4.69) is 164 Å². The van der Waals surface area contributed by atoms with Crippen molar-refractivity contribution in [2.75, 3.05) is 0 Å². The fourth-order valence-electron chi connectivity index (χ4n) is 11.4. The Labute approximate surface area is 345 Å². The van der Waals surface area contributed by atoms with Crippen LogP contribution < -0.4 is 0 Å². The van der Waals surface area contributed by atoms with E-state index >= 15 is 0 Å². The van der Waals surface area contributed by atoms with Gasteiger partial charge in [0, 0.05) is 27.5 Å². The molecule has 4 aliphatic carbocycles. The Morgan fingerprint density at radius 2 is 0.864 bits per heavy atom. The van der Waals surface area contributed by atoms with E-state index in [1.54, 1.807) is 5.56 Å². The third-order valence-electron chi connectivity index (χ3n) is 13.9. The molecule has 59 heavy (non-hydrogen) atoms. The minimum absolute atomic E-state index is 0.385. The Morgan fingerprint density at radius 1 is 0.373 bits per heavy atom. The van der Waals surface area contributed by atoms with Gasteiger partial charge in [0.25, 0.3) is 0 Å². The molecule has 13 rings (SSSR count). The van der Waals surface area contributed by atoms with E-state index in [0.29, 0.717) is 11.2 Å². The number of rotatable bonds is 7. The van der Waals surface area contributed by atoms with Crippen molar-refractivity contribution in [3.8, 4) is 67.3 Å². The van der Waals surface area contributed by atoms with E-state index < -0.39 is 0 Å². The first-order valence-electron chi connectivity index (χ1n) is 21.4. The number of hydrogen-bond acceptors (Lipinski definition) is 3. The van der Waals surface area contributed by atoms with E-state index in [0.717, 1.165) is 78.9 Å². The molecule has 3 nitrogen and oxygen atoms in total. The molecule has 3 heteroatoms. The lowest BCUT2D eigenvalue weighted by Crippen LogP contribution is -2.48. The van der Waals surface area contributed by atoms with Crippen LogP contribution in [0.3, 0.4) is 0 Å². The largest absolute Gasteiger partial charge is 0.456 e. The second-order valence-corrected chi connectivity index (χ2v) is 17.7. The molecule has 0 unspecified atom stereocenters. The molecule has 4 saturated carbocycles. The van der Waals surface area contributed by atoms with Gasteiger partial charge in [0.15, 0.2) is 5.82 Å². The highest BCUT2D eigenvalue weighted by atomic mass is 16.3. The van der Waals surface area contributed by atoms with E-state index in [1.165, 1.54) is 60.8 Å². The number of fused-ring (bicyclic) bond motifs is 3. The van der Waals surface area contributed by atoms with E-state index in [-0.39, 0.29) is 0 Å². The minimum atomic E-state index is 0.385. The van der Waals surface area contributed by atoms with Crippen LogP contribution in [0.15, 0.2) is 180 Å². The molecule has 7 aromatic carbocycles. The predicted octanol–water partition coefficient (Wildman–Crippen LogP) is 14.8. The zero-order chi connectivity index (χ0) is 38.9. The Kier molecular flexibility index (Phi) is 8.04. The van der Waals surface area contributed by atoms with Crippen molar-refractivity contribution >= 4 is 21.9 Å². The van der Waals surface area contributed by atoms with Crippen molar-refractivity contribution in [1.82, 2.24) is 9.97 Å². The molecule has 2 aromatic heterocycles. The van der Waals surface area contributed by atoms with Crippen molar-refractivity contribution in [2.24, 2.45) is 17.8 Å². The van der Waals surface area contributed by atoms with Crippen LogP contribution in [0.2, 0.25) is 0 Å². The molecular weight excluding hydrogens is 717 g/mol. The Balaban J connectivity index is 0.942. The fourth-order valence-corrected chi connectivity index (χ4v) is 11.4.